The van der Waals surface area contributed by atoms with Gasteiger partial charge in [-0.3, -0.25) is 9.59 Å². The molecule has 1 fully saturated rings. The molecule has 0 saturated heterocycles. The molecule has 1 heterocycles. The molecule has 6 nitrogen and oxygen atoms in total. The molecular weight excluding hydrogens is 308 g/mol. The van der Waals surface area contributed by atoms with Crippen molar-refractivity contribution in [2.45, 2.75) is 37.8 Å². The van der Waals surface area contributed by atoms with E-state index in [9.17, 15) is 14.7 Å². The molecule has 2 aromatic rings. The van der Waals surface area contributed by atoms with Crippen molar-refractivity contribution in [2.24, 2.45) is 0 Å². The van der Waals surface area contributed by atoms with E-state index in [0.717, 1.165) is 18.4 Å². The van der Waals surface area contributed by atoms with Crippen LogP contribution in [0.3, 0.4) is 0 Å². The molecule has 1 aromatic carbocycles. The number of carbonyl (C=O) groups excluding carboxylic acids is 2. The summed E-state index contributed by atoms with van der Waals surface area (Å²) < 4.78 is 5.05. The number of furan rings is 1. The lowest BCUT2D eigenvalue weighted by Crippen LogP contribution is -2.44. The summed E-state index contributed by atoms with van der Waals surface area (Å²) in [6.07, 6.45) is 4.21. The van der Waals surface area contributed by atoms with Crippen LogP contribution in [0.5, 0.6) is 0 Å². The molecule has 1 saturated carbocycles. The summed E-state index contributed by atoms with van der Waals surface area (Å²) in [7, 11) is 0. The zero-order chi connectivity index (χ0) is 17.0. The second kappa shape index (κ2) is 6.88. The first-order chi connectivity index (χ1) is 11.6. The van der Waals surface area contributed by atoms with Gasteiger partial charge in [-0.15, -0.1) is 0 Å². The molecule has 0 aliphatic heterocycles. The Kier molecular flexibility index (Phi) is 4.66. The Labute approximate surface area is 139 Å². The van der Waals surface area contributed by atoms with Gasteiger partial charge >= 0.3 is 0 Å². The zero-order valence-corrected chi connectivity index (χ0v) is 13.2. The molecule has 1 aliphatic carbocycles. The molecule has 3 rings (SSSR count). The normalized spacial score (nSPS) is 15.9. The second-order valence-electron chi connectivity index (χ2n) is 6.05. The van der Waals surface area contributed by atoms with E-state index in [4.69, 9.17) is 4.42 Å². The average Bonchev–Trinajstić information content (AvgIpc) is 3.25. The van der Waals surface area contributed by atoms with Crippen molar-refractivity contribution in [1.29, 1.82) is 0 Å². The molecule has 126 valence electrons. The summed E-state index contributed by atoms with van der Waals surface area (Å²) in [6, 6.07) is 10.4. The van der Waals surface area contributed by atoms with Crippen molar-refractivity contribution in [3.05, 3.63) is 54.0 Å². The smallest absolute Gasteiger partial charge is 0.291 e. The first-order valence-corrected chi connectivity index (χ1v) is 8.01. The fourth-order valence-electron chi connectivity index (χ4n) is 2.89. The van der Waals surface area contributed by atoms with E-state index in [2.05, 4.69) is 10.6 Å². The minimum atomic E-state index is -1.23. The van der Waals surface area contributed by atoms with E-state index < -0.39 is 5.60 Å². The topological polar surface area (TPSA) is 91.6 Å². The number of hydrogen-bond acceptors (Lipinski definition) is 4. The second-order valence-corrected chi connectivity index (χ2v) is 6.05. The maximum Gasteiger partial charge on any atom is 0.291 e. The Morgan fingerprint density at radius 2 is 1.96 bits per heavy atom. The van der Waals surface area contributed by atoms with E-state index in [-0.39, 0.29) is 17.6 Å². The van der Waals surface area contributed by atoms with Crippen molar-refractivity contribution in [3.63, 3.8) is 0 Å². The number of rotatable bonds is 5. The van der Waals surface area contributed by atoms with E-state index >= 15 is 0 Å². The first kappa shape index (κ1) is 16.3. The van der Waals surface area contributed by atoms with Crippen LogP contribution in [0.15, 0.2) is 47.1 Å². The molecule has 0 spiro atoms. The maximum absolute atomic E-state index is 12.1. The van der Waals surface area contributed by atoms with Gasteiger partial charge in [-0.1, -0.05) is 12.1 Å². The highest BCUT2D eigenvalue weighted by atomic mass is 16.3. The van der Waals surface area contributed by atoms with Gasteiger partial charge < -0.3 is 20.2 Å². The summed E-state index contributed by atoms with van der Waals surface area (Å²) in [4.78, 5) is 24.1. The van der Waals surface area contributed by atoms with Gasteiger partial charge in [0.1, 0.15) is 5.60 Å². The van der Waals surface area contributed by atoms with Crippen LogP contribution in [0, 0.1) is 0 Å². The molecule has 24 heavy (non-hydrogen) atoms. The number of carbonyl (C=O) groups is 2. The van der Waals surface area contributed by atoms with E-state index in [1.165, 1.54) is 6.26 Å². The summed E-state index contributed by atoms with van der Waals surface area (Å²) in [5.74, 6) is -0.427. The number of benzene rings is 1. The molecule has 0 unspecified atom stereocenters. The minimum absolute atomic E-state index is 0.233. The molecule has 3 N–H and O–H groups in total. The largest absolute Gasteiger partial charge is 0.459 e. The van der Waals surface area contributed by atoms with Crippen LogP contribution in [0.25, 0.3) is 0 Å². The van der Waals surface area contributed by atoms with Gasteiger partial charge in [0.25, 0.3) is 11.8 Å². The number of nitrogens with one attached hydrogen (secondary N) is 2. The Morgan fingerprint density at radius 1 is 1.17 bits per heavy atom. The lowest BCUT2D eigenvalue weighted by molar-refractivity contribution is -0.139. The third-order valence-electron chi connectivity index (χ3n) is 4.24. The van der Waals surface area contributed by atoms with Crippen LogP contribution >= 0.6 is 0 Å². The summed E-state index contributed by atoms with van der Waals surface area (Å²) >= 11 is 0. The number of hydrogen-bond donors (Lipinski definition) is 3. The van der Waals surface area contributed by atoms with Gasteiger partial charge in [0, 0.05) is 12.2 Å². The van der Waals surface area contributed by atoms with E-state index in [1.54, 1.807) is 30.3 Å². The van der Waals surface area contributed by atoms with Crippen molar-refractivity contribution in [1.82, 2.24) is 5.32 Å². The highest BCUT2D eigenvalue weighted by Gasteiger charge is 2.38. The van der Waals surface area contributed by atoms with Gasteiger partial charge in [0.05, 0.1) is 6.26 Å². The fourth-order valence-corrected chi connectivity index (χ4v) is 2.89. The molecule has 6 heteroatoms. The molecule has 2 amide bonds. The fraction of sp³-hybridized carbons (Fsp3) is 0.333. The molecule has 0 radical (unpaired) electrons. The number of anilines is 1. The third-order valence-corrected chi connectivity index (χ3v) is 4.24. The lowest BCUT2D eigenvalue weighted by Gasteiger charge is -2.21. The van der Waals surface area contributed by atoms with Crippen LogP contribution in [0.4, 0.5) is 5.69 Å². The first-order valence-electron chi connectivity index (χ1n) is 8.01. The average molecular weight is 328 g/mol. The Bertz CT molecular complexity index is 718. The Balaban J connectivity index is 1.59. The van der Waals surface area contributed by atoms with Crippen molar-refractivity contribution in [3.8, 4) is 0 Å². The van der Waals surface area contributed by atoms with Gasteiger partial charge in [-0.25, -0.2) is 0 Å². The Hall–Kier alpha value is -2.60. The molecule has 1 aliphatic rings. The van der Waals surface area contributed by atoms with Gasteiger partial charge in [0.15, 0.2) is 5.76 Å². The molecule has 0 bridgehead atoms. The number of amides is 2. The van der Waals surface area contributed by atoms with Crippen LogP contribution in [-0.4, -0.2) is 22.5 Å². The highest BCUT2D eigenvalue weighted by molar-refractivity contribution is 6.02. The third kappa shape index (κ3) is 3.65. The molecule has 0 atom stereocenters. The van der Waals surface area contributed by atoms with E-state index in [0.29, 0.717) is 25.1 Å². The monoisotopic (exact) mass is 328 g/mol. The highest BCUT2D eigenvalue weighted by Crippen LogP contribution is 2.29. The van der Waals surface area contributed by atoms with E-state index in [1.807, 2.05) is 6.07 Å². The van der Waals surface area contributed by atoms with Gasteiger partial charge in [-0.05, 0) is 55.5 Å². The van der Waals surface area contributed by atoms with Crippen molar-refractivity contribution < 1.29 is 19.1 Å². The number of aliphatic hydroxyl groups is 1. The van der Waals surface area contributed by atoms with Crippen LogP contribution in [0.2, 0.25) is 0 Å². The van der Waals surface area contributed by atoms with Crippen LogP contribution < -0.4 is 10.6 Å². The predicted octanol–water partition coefficient (Wildman–Crippen LogP) is 2.45. The minimum Gasteiger partial charge on any atom is -0.459 e. The quantitative estimate of drug-likeness (QED) is 0.786. The standard InChI is InChI=1S/C18H20N2O4/c21-16(15-7-4-10-24-15)20-14-6-3-5-13(11-14)12-19-17(22)18(23)8-1-2-9-18/h3-7,10-11,23H,1-2,8-9,12H2,(H,19,22)(H,20,21). The van der Waals surface area contributed by atoms with Crippen LogP contribution in [-0.2, 0) is 11.3 Å². The molecule has 1 aromatic heterocycles. The van der Waals surface area contributed by atoms with Crippen molar-refractivity contribution in [2.75, 3.05) is 5.32 Å². The summed E-state index contributed by atoms with van der Waals surface area (Å²) in [6.45, 7) is 0.297. The predicted molar refractivity (Wildman–Crippen MR) is 88.4 cm³/mol. The summed E-state index contributed by atoms with van der Waals surface area (Å²) in [5, 5.41) is 15.7. The van der Waals surface area contributed by atoms with Gasteiger partial charge in [0.2, 0.25) is 0 Å². The van der Waals surface area contributed by atoms with Gasteiger partial charge in [-0.2, -0.15) is 0 Å². The SMILES string of the molecule is O=C(Nc1cccc(CNC(=O)C2(O)CCCC2)c1)c1ccco1. The van der Waals surface area contributed by atoms with Crippen molar-refractivity contribution >= 4 is 17.5 Å². The maximum atomic E-state index is 12.1. The van der Waals surface area contributed by atoms with Crippen LogP contribution in [0.1, 0.15) is 41.8 Å². The Morgan fingerprint density at radius 3 is 2.67 bits per heavy atom. The zero-order valence-electron chi connectivity index (χ0n) is 13.2. The summed E-state index contributed by atoms with van der Waals surface area (Å²) in [5.41, 5.74) is 0.218. The molecular formula is C18H20N2O4. The lowest BCUT2D eigenvalue weighted by atomic mass is 10.0.